The molecular weight excluding hydrogens is 378 g/mol. The molecule has 0 unspecified atom stereocenters. The lowest BCUT2D eigenvalue weighted by Gasteiger charge is -2.07. The molecule has 0 aliphatic carbocycles. The first-order chi connectivity index (χ1) is 13.5. The Labute approximate surface area is 165 Å². The largest absolute Gasteiger partial charge is 0.351 e. The van der Waals surface area contributed by atoms with Gasteiger partial charge in [-0.25, -0.2) is 0 Å². The van der Waals surface area contributed by atoms with Crippen LogP contribution in [0.3, 0.4) is 0 Å². The van der Waals surface area contributed by atoms with Gasteiger partial charge in [0.05, 0.1) is 17.9 Å². The first kappa shape index (κ1) is 19.2. The summed E-state index contributed by atoms with van der Waals surface area (Å²) < 4.78 is 0. The van der Waals surface area contributed by atoms with Gasteiger partial charge in [-0.1, -0.05) is 18.2 Å². The molecule has 2 aromatic carbocycles. The third-order valence-electron chi connectivity index (χ3n) is 3.96. The first-order valence-corrected chi connectivity index (χ1v) is 9.33. The van der Waals surface area contributed by atoms with E-state index < -0.39 is 4.92 Å². The molecule has 28 heavy (non-hydrogen) atoms. The van der Waals surface area contributed by atoms with Gasteiger partial charge < -0.3 is 10.6 Å². The lowest BCUT2D eigenvalue weighted by Crippen LogP contribution is -2.24. The summed E-state index contributed by atoms with van der Waals surface area (Å²) in [4.78, 5) is 35.5. The lowest BCUT2D eigenvalue weighted by atomic mass is 10.1. The highest BCUT2D eigenvalue weighted by molar-refractivity contribution is 7.09. The molecule has 3 aromatic rings. The minimum atomic E-state index is -0.517. The Morgan fingerprint density at radius 2 is 1.71 bits per heavy atom. The monoisotopic (exact) mass is 395 g/mol. The summed E-state index contributed by atoms with van der Waals surface area (Å²) in [6.45, 7) is 0.514. The highest BCUT2D eigenvalue weighted by Gasteiger charge is 2.10. The molecule has 0 radical (unpaired) electrons. The number of hydrogen-bond acceptors (Lipinski definition) is 5. The molecular formula is C20H17N3O4S. The number of nitrogens with zero attached hydrogens (tertiary/aromatic N) is 1. The van der Waals surface area contributed by atoms with Crippen LogP contribution >= 0.6 is 11.3 Å². The Morgan fingerprint density at radius 1 is 1.00 bits per heavy atom. The summed E-state index contributed by atoms with van der Waals surface area (Å²) >= 11 is 1.59. The molecule has 0 aliphatic rings. The van der Waals surface area contributed by atoms with Crippen LogP contribution < -0.4 is 10.6 Å². The Balaban J connectivity index is 1.52. The van der Waals surface area contributed by atoms with Gasteiger partial charge in [0, 0.05) is 28.3 Å². The molecule has 0 saturated heterocycles. The van der Waals surface area contributed by atoms with Crippen LogP contribution in [0.5, 0.6) is 0 Å². The highest BCUT2D eigenvalue weighted by atomic mass is 32.1. The quantitative estimate of drug-likeness (QED) is 0.470. The summed E-state index contributed by atoms with van der Waals surface area (Å²) in [5, 5.41) is 18.2. The van der Waals surface area contributed by atoms with Crippen molar-refractivity contribution in [3.05, 3.63) is 92.2 Å². The van der Waals surface area contributed by atoms with Crippen LogP contribution in [-0.4, -0.2) is 16.7 Å². The zero-order chi connectivity index (χ0) is 19.9. The number of thiophene rings is 1. The summed E-state index contributed by atoms with van der Waals surface area (Å²) in [5.41, 5.74) is 1.66. The fourth-order valence-electron chi connectivity index (χ4n) is 2.49. The fraction of sp³-hybridized carbons (Fsp3) is 0.100. The molecule has 1 heterocycles. The third-order valence-corrected chi connectivity index (χ3v) is 4.83. The van der Waals surface area contributed by atoms with E-state index in [-0.39, 0.29) is 23.9 Å². The Hall–Kier alpha value is -3.52. The van der Waals surface area contributed by atoms with Crippen molar-refractivity contribution >= 4 is 34.5 Å². The number of amides is 2. The molecule has 7 nitrogen and oxygen atoms in total. The van der Waals surface area contributed by atoms with Gasteiger partial charge in [-0.15, -0.1) is 11.3 Å². The van der Waals surface area contributed by atoms with E-state index in [9.17, 15) is 19.7 Å². The van der Waals surface area contributed by atoms with Gasteiger partial charge in [0.2, 0.25) is 5.91 Å². The minimum Gasteiger partial charge on any atom is -0.351 e. The average Bonchev–Trinajstić information content (AvgIpc) is 3.21. The molecule has 0 fully saturated rings. The van der Waals surface area contributed by atoms with Crippen molar-refractivity contribution in [3.63, 3.8) is 0 Å². The zero-order valence-corrected chi connectivity index (χ0v) is 15.6. The average molecular weight is 395 g/mol. The van der Waals surface area contributed by atoms with E-state index in [0.717, 1.165) is 10.4 Å². The number of hydrogen-bond donors (Lipinski definition) is 2. The smallest absolute Gasteiger partial charge is 0.269 e. The van der Waals surface area contributed by atoms with Crippen LogP contribution in [0.25, 0.3) is 0 Å². The molecule has 1 aromatic heterocycles. The molecule has 142 valence electrons. The summed E-state index contributed by atoms with van der Waals surface area (Å²) in [5.74, 6) is -0.438. The van der Waals surface area contributed by atoms with Crippen LogP contribution in [0.4, 0.5) is 11.4 Å². The van der Waals surface area contributed by atoms with Crippen molar-refractivity contribution in [3.8, 4) is 0 Å². The van der Waals surface area contributed by atoms with Crippen LogP contribution in [0.1, 0.15) is 20.8 Å². The Kier molecular flexibility index (Phi) is 6.13. The second kappa shape index (κ2) is 8.92. The fourth-order valence-corrected chi connectivity index (χ4v) is 3.14. The Morgan fingerprint density at radius 3 is 2.32 bits per heavy atom. The normalized spacial score (nSPS) is 10.3. The maximum absolute atomic E-state index is 12.2. The summed E-state index contributed by atoms with van der Waals surface area (Å²) in [7, 11) is 0. The number of carbonyl (C=O) groups excluding carboxylic acids is 2. The minimum absolute atomic E-state index is 0.0711. The van der Waals surface area contributed by atoms with Crippen LogP contribution in [0.15, 0.2) is 66.0 Å². The van der Waals surface area contributed by atoms with Crippen LogP contribution in [0, 0.1) is 10.1 Å². The van der Waals surface area contributed by atoms with Crippen molar-refractivity contribution in [2.45, 2.75) is 13.0 Å². The van der Waals surface area contributed by atoms with Gasteiger partial charge in [0.15, 0.2) is 0 Å². The Bertz CT molecular complexity index is 968. The number of nitro benzene ring substituents is 1. The second-order valence-electron chi connectivity index (χ2n) is 5.99. The van der Waals surface area contributed by atoms with Gasteiger partial charge in [-0.3, -0.25) is 19.7 Å². The predicted octanol–water partition coefficient (Wildman–Crippen LogP) is 3.77. The molecule has 0 spiro atoms. The maximum Gasteiger partial charge on any atom is 0.269 e. The number of nitro groups is 1. The predicted molar refractivity (Wildman–Crippen MR) is 107 cm³/mol. The number of non-ortho nitro benzene ring substituents is 1. The topological polar surface area (TPSA) is 101 Å². The van der Waals surface area contributed by atoms with Gasteiger partial charge in [-0.2, -0.15) is 0 Å². The first-order valence-electron chi connectivity index (χ1n) is 8.45. The highest BCUT2D eigenvalue weighted by Crippen LogP contribution is 2.15. The molecule has 0 aliphatic heterocycles. The number of rotatable bonds is 7. The second-order valence-corrected chi connectivity index (χ2v) is 7.02. The van der Waals surface area contributed by atoms with Crippen LogP contribution in [-0.2, 0) is 17.8 Å². The zero-order valence-electron chi connectivity index (χ0n) is 14.8. The molecule has 8 heteroatoms. The van der Waals surface area contributed by atoms with Crippen molar-refractivity contribution in [1.29, 1.82) is 0 Å². The van der Waals surface area contributed by atoms with Crippen molar-refractivity contribution in [2.75, 3.05) is 5.32 Å². The molecule has 3 rings (SSSR count). The molecule has 2 N–H and O–H groups in total. The molecule has 0 saturated carbocycles. The van der Waals surface area contributed by atoms with E-state index in [0.29, 0.717) is 17.8 Å². The summed E-state index contributed by atoms with van der Waals surface area (Å²) in [6.07, 6.45) is 0.252. The third kappa shape index (κ3) is 5.24. The van der Waals surface area contributed by atoms with E-state index in [2.05, 4.69) is 10.6 Å². The molecule has 2 amide bonds. The number of benzene rings is 2. The number of anilines is 1. The van der Waals surface area contributed by atoms with Gasteiger partial charge in [-0.05, 0) is 41.3 Å². The van der Waals surface area contributed by atoms with Crippen molar-refractivity contribution in [1.82, 2.24) is 5.32 Å². The molecule has 0 atom stereocenters. The lowest BCUT2D eigenvalue weighted by molar-refractivity contribution is -0.384. The number of nitrogens with one attached hydrogen (secondary N) is 2. The van der Waals surface area contributed by atoms with Gasteiger partial charge in [0.1, 0.15) is 0 Å². The SMILES string of the molecule is O=C(Cc1ccc(NC(=O)c2ccc([N+](=O)[O-])cc2)cc1)NCc1cccs1. The van der Waals surface area contributed by atoms with Gasteiger partial charge >= 0.3 is 0 Å². The van der Waals surface area contributed by atoms with E-state index in [1.165, 1.54) is 24.3 Å². The standard InChI is InChI=1S/C20H17N3O4S/c24-19(21-13-18-2-1-11-28-18)12-14-3-7-16(8-4-14)22-20(25)15-5-9-17(10-6-15)23(26)27/h1-11H,12-13H2,(H,21,24)(H,22,25). The van der Waals surface area contributed by atoms with E-state index >= 15 is 0 Å². The maximum atomic E-state index is 12.2. The number of carbonyl (C=O) groups is 2. The van der Waals surface area contributed by atoms with Crippen LogP contribution in [0.2, 0.25) is 0 Å². The molecule has 0 bridgehead atoms. The van der Waals surface area contributed by atoms with E-state index in [1.807, 2.05) is 17.5 Å². The van der Waals surface area contributed by atoms with E-state index in [4.69, 9.17) is 0 Å². The van der Waals surface area contributed by atoms with E-state index in [1.54, 1.807) is 35.6 Å². The van der Waals surface area contributed by atoms with Gasteiger partial charge in [0.25, 0.3) is 11.6 Å². The van der Waals surface area contributed by atoms with Crippen molar-refractivity contribution < 1.29 is 14.5 Å². The van der Waals surface area contributed by atoms with Crippen molar-refractivity contribution in [2.24, 2.45) is 0 Å². The summed E-state index contributed by atoms with van der Waals surface area (Å²) in [6, 6.07) is 16.3.